The first-order chi connectivity index (χ1) is 14.2. The van der Waals surface area contributed by atoms with Crippen molar-refractivity contribution in [3.8, 4) is 11.4 Å². The summed E-state index contributed by atoms with van der Waals surface area (Å²) in [5.74, 6) is 2.67. The van der Waals surface area contributed by atoms with Crippen molar-refractivity contribution in [2.45, 2.75) is 72.1 Å². The summed E-state index contributed by atoms with van der Waals surface area (Å²) in [5.41, 5.74) is 6.21. The lowest BCUT2D eigenvalue weighted by molar-refractivity contribution is -0.0571. The van der Waals surface area contributed by atoms with Gasteiger partial charge in [-0.2, -0.15) is 0 Å². The molecule has 6 rings (SSSR count). The Labute approximate surface area is 179 Å². The number of hydrogen-bond donors (Lipinski definition) is 1. The molecule has 0 amide bonds. The van der Waals surface area contributed by atoms with Crippen molar-refractivity contribution in [3.63, 3.8) is 0 Å². The molecule has 4 fully saturated rings. The number of aryl methyl sites for hydroxylation is 3. The molecule has 2 aromatic rings. The van der Waals surface area contributed by atoms with Crippen molar-refractivity contribution in [3.05, 3.63) is 40.2 Å². The molecule has 0 spiro atoms. The van der Waals surface area contributed by atoms with Crippen molar-refractivity contribution in [1.29, 1.82) is 0 Å². The van der Waals surface area contributed by atoms with Gasteiger partial charge in [0.2, 0.25) is 0 Å². The second kappa shape index (κ2) is 6.96. The summed E-state index contributed by atoms with van der Waals surface area (Å²) in [4.78, 5) is 16.7. The Morgan fingerprint density at radius 2 is 1.60 bits per heavy atom. The summed E-state index contributed by atoms with van der Waals surface area (Å²) in [6.45, 7) is 6.29. The van der Waals surface area contributed by atoms with E-state index in [1.54, 1.807) is 0 Å². The van der Waals surface area contributed by atoms with E-state index in [9.17, 15) is 9.90 Å². The normalized spacial score (nSPS) is 29.5. The molecular formula is C26H34N2O2. The predicted octanol–water partition coefficient (Wildman–Crippen LogP) is 5.86. The van der Waals surface area contributed by atoms with Gasteiger partial charge in [-0.15, -0.1) is 0 Å². The van der Waals surface area contributed by atoms with Gasteiger partial charge in [0.1, 0.15) is 5.82 Å². The van der Waals surface area contributed by atoms with E-state index in [1.807, 2.05) is 7.05 Å². The third-order valence-electron chi connectivity index (χ3n) is 8.37. The van der Waals surface area contributed by atoms with Crippen molar-refractivity contribution in [1.82, 2.24) is 9.55 Å². The number of benzene rings is 1. The van der Waals surface area contributed by atoms with Gasteiger partial charge in [-0.25, -0.2) is 9.78 Å². The minimum Gasteiger partial charge on any atom is -0.476 e. The fourth-order valence-electron chi connectivity index (χ4n) is 7.73. The Hall–Kier alpha value is -2.10. The third kappa shape index (κ3) is 3.19. The summed E-state index contributed by atoms with van der Waals surface area (Å²) in [7, 11) is 2.00. The van der Waals surface area contributed by atoms with E-state index in [0.29, 0.717) is 5.41 Å². The predicted molar refractivity (Wildman–Crippen MR) is 119 cm³/mol. The van der Waals surface area contributed by atoms with Gasteiger partial charge in [0.25, 0.3) is 0 Å². The quantitative estimate of drug-likeness (QED) is 0.677. The minimum atomic E-state index is -0.903. The molecule has 0 radical (unpaired) electrons. The number of aromatic nitrogens is 2. The molecule has 30 heavy (non-hydrogen) atoms. The number of imidazole rings is 1. The Morgan fingerprint density at radius 3 is 2.10 bits per heavy atom. The van der Waals surface area contributed by atoms with Crippen molar-refractivity contribution >= 4 is 5.97 Å². The fraction of sp³-hybridized carbons (Fsp3) is 0.615. The van der Waals surface area contributed by atoms with Crippen LogP contribution in [0.2, 0.25) is 0 Å². The van der Waals surface area contributed by atoms with Gasteiger partial charge in [-0.1, -0.05) is 17.7 Å². The SMILES string of the molecule is Cc1cc(C)c(-c2nc(C(=O)O)c(CCC34CC5CC(CC(C5)C3)C4)n2C)c(C)c1. The molecule has 0 aliphatic heterocycles. The van der Waals surface area contributed by atoms with Gasteiger partial charge < -0.3 is 9.67 Å². The van der Waals surface area contributed by atoms with Crippen LogP contribution in [-0.4, -0.2) is 20.6 Å². The van der Waals surface area contributed by atoms with E-state index in [4.69, 9.17) is 0 Å². The second-order valence-corrected chi connectivity index (χ2v) is 10.8. The van der Waals surface area contributed by atoms with E-state index in [2.05, 4.69) is 42.5 Å². The minimum absolute atomic E-state index is 0.247. The molecule has 1 aromatic carbocycles. The topological polar surface area (TPSA) is 55.1 Å². The smallest absolute Gasteiger partial charge is 0.356 e. The van der Waals surface area contributed by atoms with Crippen LogP contribution < -0.4 is 0 Å². The Kier molecular flexibility index (Phi) is 4.61. The molecule has 1 N–H and O–H groups in total. The maximum absolute atomic E-state index is 12.1. The molecule has 0 unspecified atom stereocenters. The first-order valence-corrected chi connectivity index (χ1v) is 11.6. The van der Waals surface area contributed by atoms with Crippen LogP contribution in [0.15, 0.2) is 12.1 Å². The molecule has 4 saturated carbocycles. The second-order valence-electron chi connectivity index (χ2n) is 10.8. The number of rotatable bonds is 5. The highest BCUT2D eigenvalue weighted by molar-refractivity contribution is 5.88. The number of nitrogens with zero attached hydrogens (tertiary/aromatic N) is 2. The van der Waals surface area contributed by atoms with Gasteiger partial charge >= 0.3 is 5.97 Å². The Bertz CT molecular complexity index is 958. The number of carbonyl (C=O) groups is 1. The van der Waals surface area contributed by atoms with Crippen LogP contribution >= 0.6 is 0 Å². The lowest BCUT2D eigenvalue weighted by Crippen LogP contribution is -2.46. The Morgan fingerprint density at radius 1 is 1.07 bits per heavy atom. The molecule has 160 valence electrons. The van der Waals surface area contributed by atoms with Crippen molar-refractivity contribution in [2.75, 3.05) is 0 Å². The molecular weight excluding hydrogens is 372 g/mol. The zero-order chi connectivity index (χ0) is 21.2. The van der Waals surface area contributed by atoms with Crippen LogP contribution in [-0.2, 0) is 13.5 Å². The largest absolute Gasteiger partial charge is 0.476 e. The lowest BCUT2D eigenvalue weighted by Gasteiger charge is -2.57. The van der Waals surface area contributed by atoms with E-state index < -0.39 is 5.97 Å². The standard InChI is InChI=1S/C26H34N2O2/c1-15-7-16(2)22(17(3)8-15)24-27-23(25(29)30)21(28(24)4)5-6-26-12-18-9-19(13-26)11-20(10-18)14-26/h7-8,18-20H,5-6,9-14H2,1-4H3,(H,29,30). The molecule has 0 saturated heterocycles. The summed E-state index contributed by atoms with van der Waals surface area (Å²) >= 11 is 0. The average Bonchev–Trinajstić information content (AvgIpc) is 2.95. The van der Waals surface area contributed by atoms with E-state index >= 15 is 0 Å². The maximum Gasteiger partial charge on any atom is 0.356 e. The highest BCUT2D eigenvalue weighted by atomic mass is 16.4. The van der Waals surface area contributed by atoms with Crippen LogP contribution in [0.4, 0.5) is 0 Å². The molecule has 4 nitrogen and oxygen atoms in total. The molecule has 1 aromatic heterocycles. The zero-order valence-corrected chi connectivity index (χ0v) is 18.8. The summed E-state index contributed by atoms with van der Waals surface area (Å²) in [6.07, 6.45) is 10.4. The molecule has 4 heteroatoms. The van der Waals surface area contributed by atoms with Crippen LogP contribution in [0.3, 0.4) is 0 Å². The lowest BCUT2D eigenvalue weighted by atomic mass is 9.48. The highest BCUT2D eigenvalue weighted by Gasteiger charge is 2.50. The van der Waals surface area contributed by atoms with E-state index in [0.717, 1.165) is 58.8 Å². The number of carboxylic acids is 1. The van der Waals surface area contributed by atoms with E-state index in [-0.39, 0.29) is 5.69 Å². The first-order valence-electron chi connectivity index (χ1n) is 11.6. The summed E-state index contributed by atoms with van der Waals surface area (Å²) < 4.78 is 2.06. The van der Waals surface area contributed by atoms with Crippen LogP contribution in [0.1, 0.15) is 77.8 Å². The first kappa shape index (κ1) is 19.8. The maximum atomic E-state index is 12.1. The van der Waals surface area contributed by atoms with Crippen molar-refractivity contribution < 1.29 is 9.90 Å². The zero-order valence-electron chi connectivity index (χ0n) is 18.8. The van der Waals surface area contributed by atoms with Gasteiger partial charge in [-0.05, 0) is 106 Å². The van der Waals surface area contributed by atoms with Gasteiger partial charge in [-0.3, -0.25) is 0 Å². The van der Waals surface area contributed by atoms with Gasteiger partial charge in [0.15, 0.2) is 5.69 Å². The fourth-order valence-corrected chi connectivity index (χ4v) is 7.73. The average molecular weight is 407 g/mol. The molecule has 4 bridgehead atoms. The van der Waals surface area contributed by atoms with Crippen LogP contribution in [0.5, 0.6) is 0 Å². The molecule has 4 aliphatic rings. The Balaban J connectivity index is 1.48. The summed E-state index contributed by atoms with van der Waals surface area (Å²) in [5, 5.41) is 9.92. The molecule has 0 atom stereocenters. The monoisotopic (exact) mass is 406 g/mol. The van der Waals surface area contributed by atoms with E-state index in [1.165, 1.54) is 44.1 Å². The van der Waals surface area contributed by atoms with Crippen LogP contribution in [0, 0.1) is 43.9 Å². The van der Waals surface area contributed by atoms with Gasteiger partial charge in [0, 0.05) is 12.6 Å². The van der Waals surface area contributed by atoms with Crippen molar-refractivity contribution in [2.24, 2.45) is 30.2 Å². The molecule has 4 aliphatic carbocycles. The third-order valence-corrected chi connectivity index (χ3v) is 8.37. The molecule has 1 heterocycles. The van der Waals surface area contributed by atoms with Crippen LogP contribution in [0.25, 0.3) is 11.4 Å². The number of aromatic carboxylic acids is 1. The number of hydrogen-bond acceptors (Lipinski definition) is 2. The number of carboxylic acid groups (broad SMARTS) is 1. The van der Waals surface area contributed by atoms with Gasteiger partial charge in [0.05, 0.1) is 5.69 Å². The highest BCUT2D eigenvalue weighted by Crippen LogP contribution is 2.61. The summed E-state index contributed by atoms with van der Waals surface area (Å²) in [6, 6.07) is 4.32.